The fourth-order valence-corrected chi connectivity index (χ4v) is 4.20. The van der Waals surface area contributed by atoms with Gasteiger partial charge in [-0.15, -0.1) is 0 Å². The average molecular weight is 385 g/mol. The smallest absolute Gasteiger partial charge is 0.387 e. The largest absolute Gasteiger partial charge is 0.416 e. The van der Waals surface area contributed by atoms with Gasteiger partial charge in [-0.2, -0.15) is 13.2 Å². The molecule has 26 heavy (non-hydrogen) atoms. The minimum atomic E-state index is -4.41. The summed E-state index contributed by atoms with van der Waals surface area (Å²) in [7, 11) is 0. The fraction of sp³-hybridized carbons (Fsp3) is 0.556. The third-order valence-electron chi connectivity index (χ3n) is 5.77. The van der Waals surface area contributed by atoms with Crippen molar-refractivity contribution in [2.24, 2.45) is 11.3 Å². The maximum atomic E-state index is 13.3. The van der Waals surface area contributed by atoms with E-state index in [1.807, 2.05) is 13.8 Å². The number of nitrogens with one attached hydrogen (secondary N) is 1. The standard InChI is InChI=1S/C18H22F3N3OS/c1-16(2)8-7-13(17(16,25)10-24-15(26)22-11-23-24)9-12-5-3-4-6-14(12)18(19,20)21/h3-6,11,13,25H,7-10H2,1-2H3,(H,22,23,26). The molecule has 2 atom stereocenters. The molecule has 0 amide bonds. The van der Waals surface area contributed by atoms with Gasteiger partial charge in [0, 0.05) is 0 Å². The lowest BCUT2D eigenvalue weighted by atomic mass is 9.72. The zero-order valence-electron chi connectivity index (χ0n) is 14.7. The van der Waals surface area contributed by atoms with E-state index >= 15 is 0 Å². The van der Waals surface area contributed by atoms with E-state index < -0.39 is 22.8 Å². The Balaban J connectivity index is 1.95. The van der Waals surface area contributed by atoms with Crippen LogP contribution < -0.4 is 0 Å². The maximum absolute atomic E-state index is 13.3. The van der Waals surface area contributed by atoms with Gasteiger partial charge < -0.3 is 5.11 Å². The molecule has 2 N–H and O–H groups in total. The van der Waals surface area contributed by atoms with Crippen molar-refractivity contribution >= 4 is 12.2 Å². The van der Waals surface area contributed by atoms with E-state index in [9.17, 15) is 18.3 Å². The van der Waals surface area contributed by atoms with Gasteiger partial charge in [-0.05, 0) is 54.4 Å². The maximum Gasteiger partial charge on any atom is 0.416 e. The van der Waals surface area contributed by atoms with Crippen molar-refractivity contribution in [2.75, 3.05) is 0 Å². The molecule has 1 aromatic carbocycles. The van der Waals surface area contributed by atoms with Crippen molar-refractivity contribution in [3.63, 3.8) is 0 Å². The number of nitrogens with zero attached hydrogens (tertiary/aromatic N) is 2. The van der Waals surface area contributed by atoms with E-state index in [1.54, 1.807) is 10.7 Å². The van der Waals surface area contributed by atoms with E-state index in [1.165, 1.54) is 18.5 Å². The van der Waals surface area contributed by atoms with Gasteiger partial charge in [0.1, 0.15) is 6.33 Å². The van der Waals surface area contributed by atoms with Crippen LogP contribution >= 0.6 is 12.2 Å². The predicted octanol–water partition coefficient (Wildman–Crippen LogP) is 4.37. The molecule has 1 heterocycles. The highest BCUT2D eigenvalue weighted by Gasteiger charge is 2.54. The summed E-state index contributed by atoms with van der Waals surface area (Å²) in [5.74, 6) is -0.314. The second-order valence-electron chi connectivity index (χ2n) is 7.66. The molecule has 0 spiro atoms. The summed E-state index contributed by atoms with van der Waals surface area (Å²) in [6, 6.07) is 5.59. The van der Waals surface area contributed by atoms with Crippen LogP contribution in [0.1, 0.15) is 37.8 Å². The number of alkyl halides is 3. The SMILES string of the molecule is CC1(C)CCC(Cc2ccccc2C(F)(F)F)C1(O)Cn1[nH]cnc1=S. The van der Waals surface area contributed by atoms with Gasteiger partial charge in [-0.25, -0.2) is 4.98 Å². The molecule has 0 radical (unpaired) electrons. The molecular weight excluding hydrogens is 363 g/mol. The lowest BCUT2D eigenvalue weighted by Gasteiger charge is -2.41. The zero-order chi connectivity index (χ0) is 19.2. The van der Waals surface area contributed by atoms with Crippen LogP contribution in [-0.2, 0) is 19.1 Å². The van der Waals surface area contributed by atoms with Gasteiger partial charge in [0.05, 0.1) is 17.7 Å². The van der Waals surface area contributed by atoms with Gasteiger partial charge in [-0.3, -0.25) is 9.78 Å². The summed E-state index contributed by atoms with van der Waals surface area (Å²) in [6.07, 6.45) is -1.42. The van der Waals surface area contributed by atoms with Gasteiger partial charge in [0.15, 0.2) is 0 Å². The van der Waals surface area contributed by atoms with Crippen LogP contribution in [0.4, 0.5) is 13.2 Å². The van der Waals surface area contributed by atoms with Crippen molar-refractivity contribution < 1.29 is 18.3 Å². The molecule has 142 valence electrons. The lowest BCUT2D eigenvalue weighted by molar-refractivity contribution is -0.138. The predicted molar refractivity (Wildman–Crippen MR) is 94.0 cm³/mol. The Labute approximate surface area is 155 Å². The van der Waals surface area contributed by atoms with Gasteiger partial charge >= 0.3 is 6.18 Å². The minimum absolute atomic E-state index is 0.164. The molecule has 8 heteroatoms. The molecule has 1 saturated carbocycles. The van der Waals surface area contributed by atoms with Crippen molar-refractivity contribution in [3.05, 3.63) is 46.5 Å². The second kappa shape index (κ2) is 6.49. The first-order chi connectivity index (χ1) is 12.0. The number of aliphatic hydroxyl groups is 1. The highest BCUT2D eigenvalue weighted by Crippen LogP contribution is 2.52. The van der Waals surface area contributed by atoms with Crippen LogP contribution in [0.25, 0.3) is 0 Å². The van der Waals surface area contributed by atoms with Crippen molar-refractivity contribution in [2.45, 2.75) is 51.4 Å². The Bertz CT molecular complexity index is 842. The molecule has 3 rings (SSSR count). The highest BCUT2D eigenvalue weighted by molar-refractivity contribution is 7.71. The lowest BCUT2D eigenvalue weighted by Crippen LogP contribution is -2.49. The van der Waals surface area contributed by atoms with Crippen LogP contribution in [0.3, 0.4) is 0 Å². The summed E-state index contributed by atoms with van der Waals surface area (Å²) >= 11 is 5.14. The highest BCUT2D eigenvalue weighted by atomic mass is 32.1. The number of rotatable bonds is 4. The molecule has 2 unspecified atom stereocenters. The summed E-state index contributed by atoms with van der Waals surface area (Å²) in [4.78, 5) is 3.96. The Morgan fingerprint density at radius 2 is 2.04 bits per heavy atom. The number of H-pyrrole nitrogens is 1. The Hall–Kier alpha value is -1.67. The number of hydrogen-bond acceptors (Lipinski definition) is 3. The third-order valence-corrected chi connectivity index (χ3v) is 6.10. The number of halogens is 3. The first-order valence-corrected chi connectivity index (χ1v) is 8.93. The Kier molecular flexibility index (Phi) is 4.77. The van der Waals surface area contributed by atoms with Gasteiger partial charge in [-0.1, -0.05) is 32.0 Å². The fourth-order valence-electron chi connectivity index (χ4n) is 4.03. The molecule has 1 aromatic heterocycles. The van der Waals surface area contributed by atoms with Gasteiger partial charge in [0.2, 0.25) is 4.77 Å². The molecule has 0 saturated heterocycles. The summed E-state index contributed by atoms with van der Waals surface area (Å²) in [6.45, 7) is 4.07. The molecular formula is C18H22F3N3OS. The number of benzene rings is 1. The van der Waals surface area contributed by atoms with Crippen molar-refractivity contribution in [1.29, 1.82) is 0 Å². The molecule has 4 nitrogen and oxygen atoms in total. The summed E-state index contributed by atoms with van der Waals surface area (Å²) in [5.41, 5.74) is -2.07. The normalized spacial score (nSPS) is 25.5. The number of aromatic nitrogens is 3. The van der Waals surface area contributed by atoms with Crippen LogP contribution in [0, 0.1) is 16.1 Å². The minimum Gasteiger partial charge on any atom is -0.387 e. The monoisotopic (exact) mass is 385 g/mol. The molecule has 0 bridgehead atoms. The first kappa shape index (κ1) is 19.1. The molecule has 2 aromatic rings. The quantitative estimate of drug-likeness (QED) is 0.769. The van der Waals surface area contributed by atoms with Crippen LogP contribution in [-0.4, -0.2) is 25.5 Å². The first-order valence-electron chi connectivity index (χ1n) is 8.52. The van der Waals surface area contributed by atoms with Crippen LogP contribution in [0.5, 0.6) is 0 Å². The third kappa shape index (κ3) is 3.32. The number of hydrogen-bond donors (Lipinski definition) is 2. The van der Waals surface area contributed by atoms with Gasteiger partial charge in [0.25, 0.3) is 0 Å². The van der Waals surface area contributed by atoms with E-state index in [2.05, 4.69) is 10.1 Å². The zero-order valence-corrected chi connectivity index (χ0v) is 15.5. The van der Waals surface area contributed by atoms with Crippen molar-refractivity contribution in [1.82, 2.24) is 14.8 Å². The van der Waals surface area contributed by atoms with E-state index in [0.717, 1.165) is 12.5 Å². The van der Waals surface area contributed by atoms with Crippen LogP contribution in [0.2, 0.25) is 0 Å². The van der Waals surface area contributed by atoms with E-state index in [4.69, 9.17) is 12.2 Å². The molecule has 1 aliphatic carbocycles. The molecule has 1 fully saturated rings. The second-order valence-corrected chi connectivity index (χ2v) is 8.02. The summed E-state index contributed by atoms with van der Waals surface area (Å²) in [5, 5.41) is 14.4. The topological polar surface area (TPSA) is 53.8 Å². The Morgan fingerprint density at radius 3 is 2.65 bits per heavy atom. The Morgan fingerprint density at radius 1 is 1.35 bits per heavy atom. The van der Waals surface area contributed by atoms with Crippen LogP contribution in [0.15, 0.2) is 30.6 Å². The van der Waals surface area contributed by atoms with E-state index in [0.29, 0.717) is 11.2 Å². The van der Waals surface area contributed by atoms with Crippen molar-refractivity contribution in [3.8, 4) is 0 Å². The molecule has 0 aliphatic heterocycles. The number of aromatic amines is 1. The van der Waals surface area contributed by atoms with E-state index in [-0.39, 0.29) is 24.4 Å². The average Bonchev–Trinajstić information content (AvgIpc) is 3.03. The summed E-state index contributed by atoms with van der Waals surface area (Å²) < 4.78 is 41.9. The molecule has 1 aliphatic rings.